The number of rotatable bonds is 14. The average Bonchev–Trinajstić information content (AvgIpc) is 2.87. The Kier molecular flexibility index (Phi) is 9.94. The van der Waals surface area contributed by atoms with E-state index in [1.54, 1.807) is 18.2 Å². The SMILES string of the molecule is COc1ccc(C(Cc2ccccc2)NCC(O)Cc2ccc(O)c(NS(C)(=O)=O)c2)cc1OCC(=O)O. The summed E-state index contributed by atoms with van der Waals surface area (Å²) in [5, 5.41) is 33.1. The van der Waals surface area contributed by atoms with Gasteiger partial charge >= 0.3 is 5.97 Å². The molecular weight excluding hydrogens is 512 g/mol. The first-order valence-corrected chi connectivity index (χ1v) is 13.7. The van der Waals surface area contributed by atoms with Crippen LogP contribution in [0.15, 0.2) is 66.7 Å². The molecule has 0 saturated carbocycles. The maximum Gasteiger partial charge on any atom is 0.341 e. The number of anilines is 1. The van der Waals surface area contributed by atoms with Crippen molar-refractivity contribution < 1.29 is 38.0 Å². The number of carbonyl (C=O) groups is 1. The van der Waals surface area contributed by atoms with Gasteiger partial charge in [-0.3, -0.25) is 4.72 Å². The molecule has 0 aliphatic carbocycles. The molecule has 5 N–H and O–H groups in total. The number of carboxylic acid groups (broad SMARTS) is 1. The van der Waals surface area contributed by atoms with Crippen molar-refractivity contribution in [2.75, 3.05) is 31.2 Å². The minimum absolute atomic E-state index is 0.0410. The van der Waals surface area contributed by atoms with Crippen LogP contribution in [0.4, 0.5) is 5.69 Å². The lowest BCUT2D eigenvalue weighted by molar-refractivity contribution is -0.139. The van der Waals surface area contributed by atoms with Crippen molar-refractivity contribution >= 4 is 21.7 Å². The molecule has 10 nitrogen and oxygen atoms in total. The first-order chi connectivity index (χ1) is 18.0. The Labute approximate surface area is 221 Å². The minimum Gasteiger partial charge on any atom is -0.506 e. The van der Waals surface area contributed by atoms with Crippen LogP contribution < -0.4 is 19.5 Å². The zero-order valence-electron chi connectivity index (χ0n) is 21.1. The molecule has 11 heteroatoms. The van der Waals surface area contributed by atoms with Gasteiger partial charge in [-0.2, -0.15) is 0 Å². The molecular formula is C27H32N2O8S. The first-order valence-electron chi connectivity index (χ1n) is 11.8. The van der Waals surface area contributed by atoms with Crippen molar-refractivity contribution in [1.82, 2.24) is 5.32 Å². The highest BCUT2D eigenvalue weighted by atomic mass is 32.2. The van der Waals surface area contributed by atoms with Crippen LogP contribution in [-0.4, -0.2) is 62.3 Å². The van der Waals surface area contributed by atoms with E-state index in [1.165, 1.54) is 19.2 Å². The predicted molar refractivity (Wildman–Crippen MR) is 143 cm³/mol. The molecule has 0 aliphatic heterocycles. The number of phenols is 1. The zero-order chi connectivity index (χ0) is 27.7. The van der Waals surface area contributed by atoms with Gasteiger partial charge in [0.25, 0.3) is 0 Å². The number of carboxylic acids is 1. The number of hydrogen-bond acceptors (Lipinski definition) is 8. The number of aromatic hydroxyl groups is 1. The molecule has 0 aromatic heterocycles. The lowest BCUT2D eigenvalue weighted by Crippen LogP contribution is -2.32. The monoisotopic (exact) mass is 544 g/mol. The molecule has 0 saturated heterocycles. The number of phenolic OH excluding ortho intramolecular Hbond substituents is 1. The van der Waals surface area contributed by atoms with Crippen molar-refractivity contribution in [1.29, 1.82) is 0 Å². The number of ether oxygens (including phenoxy) is 2. The highest BCUT2D eigenvalue weighted by Crippen LogP contribution is 2.32. The van der Waals surface area contributed by atoms with E-state index in [1.807, 2.05) is 36.4 Å². The Morgan fingerprint density at radius 2 is 1.71 bits per heavy atom. The standard InChI is InChI=1S/C27H32N2O8S/c1-36-25-11-9-20(15-26(25)37-17-27(32)33)22(13-18-6-4-3-5-7-18)28-16-21(30)12-19-8-10-24(31)23(14-19)29-38(2,34)35/h3-11,14-15,21-22,28-31H,12-13,16-17H2,1-2H3,(H,32,33). The minimum atomic E-state index is -3.58. The number of aliphatic hydroxyl groups is 1. The summed E-state index contributed by atoms with van der Waals surface area (Å²) >= 11 is 0. The van der Waals surface area contributed by atoms with Crippen LogP contribution in [0, 0.1) is 0 Å². The summed E-state index contributed by atoms with van der Waals surface area (Å²) in [5.74, 6) is -0.624. The quantitative estimate of drug-likeness (QED) is 0.193. The van der Waals surface area contributed by atoms with Gasteiger partial charge in [-0.15, -0.1) is 0 Å². The molecule has 0 amide bonds. The van der Waals surface area contributed by atoms with Crippen molar-refractivity contribution in [2.45, 2.75) is 25.0 Å². The van der Waals surface area contributed by atoms with Gasteiger partial charge in [0.15, 0.2) is 18.1 Å². The highest BCUT2D eigenvalue weighted by molar-refractivity contribution is 7.92. The molecule has 3 aromatic rings. The molecule has 38 heavy (non-hydrogen) atoms. The number of methoxy groups -OCH3 is 1. The molecule has 0 spiro atoms. The van der Waals surface area contributed by atoms with E-state index in [4.69, 9.17) is 14.6 Å². The maximum absolute atomic E-state index is 11.6. The van der Waals surface area contributed by atoms with Gasteiger partial charge in [-0.1, -0.05) is 42.5 Å². The molecule has 0 bridgehead atoms. The molecule has 3 aromatic carbocycles. The maximum atomic E-state index is 11.6. The second kappa shape index (κ2) is 13.1. The molecule has 2 unspecified atom stereocenters. The van der Waals surface area contributed by atoms with Crippen molar-refractivity contribution in [3.8, 4) is 17.2 Å². The summed E-state index contributed by atoms with van der Waals surface area (Å²) in [4.78, 5) is 11.0. The van der Waals surface area contributed by atoms with E-state index in [-0.39, 0.29) is 30.4 Å². The van der Waals surface area contributed by atoms with Crippen molar-refractivity contribution in [3.63, 3.8) is 0 Å². The Bertz CT molecular complexity index is 1330. The number of aliphatic hydroxyl groups excluding tert-OH is 1. The van der Waals surface area contributed by atoms with Crippen LogP contribution in [0.3, 0.4) is 0 Å². The number of aliphatic carboxylic acids is 1. The fraction of sp³-hybridized carbons (Fsp3) is 0.296. The van der Waals surface area contributed by atoms with Gasteiger partial charge < -0.3 is 30.1 Å². The summed E-state index contributed by atoms with van der Waals surface area (Å²) in [5.41, 5.74) is 2.54. The summed E-state index contributed by atoms with van der Waals surface area (Å²) < 4.78 is 36.1. The Morgan fingerprint density at radius 3 is 2.37 bits per heavy atom. The number of benzene rings is 3. The number of hydrogen-bond donors (Lipinski definition) is 5. The van der Waals surface area contributed by atoms with Gasteiger partial charge in [0.1, 0.15) is 5.75 Å². The highest BCUT2D eigenvalue weighted by Gasteiger charge is 2.18. The molecule has 0 aliphatic rings. The summed E-state index contributed by atoms with van der Waals surface area (Å²) in [7, 11) is -2.11. The van der Waals surface area contributed by atoms with E-state index >= 15 is 0 Å². The van der Waals surface area contributed by atoms with Crippen molar-refractivity contribution in [3.05, 3.63) is 83.4 Å². The molecule has 0 radical (unpaired) electrons. The van der Waals surface area contributed by atoms with Gasteiger partial charge in [0, 0.05) is 12.6 Å². The van der Waals surface area contributed by atoms with E-state index in [2.05, 4.69) is 10.0 Å². The van der Waals surface area contributed by atoms with Gasteiger partial charge in [0.05, 0.1) is 25.2 Å². The smallest absolute Gasteiger partial charge is 0.341 e. The third-order valence-electron chi connectivity index (χ3n) is 5.65. The summed E-state index contributed by atoms with van der Waals surface area (Å²) in [6.07, 6.45) is 0.950. The molecule has 0 fully saturated rings. The second-order valence-corrected chi connectivity index (χ2v) is 10.6. The third kappa shape index (κ3) is 8.94. The van der Waals surface area contributed by atoms with Gasteiger partial charge in [-0.25, -0.2) is 13.2 Å². The Balaban J connectivity index is 1.77. The van der Waals surface area contributed by atoms with E-state index in [9.17, 15) is 23.4 Å². The summed E-state index contributed by atoms with van der Waals surface area (Å²) in [6.45, 7) is -0.317. The molecule has 204 valence electrons. The number of sulfonamides is 1. The first kappa shape index (κ1) is 28.8. The number of nitrogens with one attached hydrogen (secondary N) is 2. The lowest BCUT2D eigenvalue weighted by atomic mass is 9.97. The van der Waals surface area contributed by atoms with Crippen LogP contribution in [0.25, 0.3) is 0 Å². The van der Waals surface area contributed by atoms with Crippen LogP contribution in [0.2, 0.25) is 0 Å². The van der Waals surface area contributed by atoms with E-state index in [0.29, 0.717) is 23.5 Å². The normalized spacial score (nSPS) is 12.9. The predicted octanol–water partition coefficient (Wildman–Crippen LogP) is 2.71. The van der Waals surface area contributed by atoms with E-state index in [0.717, 1.165) is 17.4 Å². The molecule has 0 heterocycles. The zero-order valence-corrected chi connectivity index (χ0v) is 21.9. The third-order valence-corrected chi connectivity index (χ3v) is 6.24. The largest absolute Gasteiger partial charge is 0.506 e. The van der Waals surface area contributed by atoms with Crippen molar-refractivity contribution in [2.24, 2.45) is 0 Å². The fourth-order valence-electron chi connectivity index (χ4n) is 3.93. The van der Waals surface area contributed by atoms with Crippen LogP contribution in [0.1, 0.15) is 22.7 Å². The topological polar surface area (TPSA) is 154 Å². The van der Waals surface area contributed by atoms with Crippen LogP contribution in [-0.2, 0) is 27.7 Å². The van der Waals surface area contributed by atoms with Crippen LogP contribution >= 0.6 is 0 Å². The van der Waals surface area contributed by atoms with Gasteiger partial charge in [0.2, 0.25) is 10.0 Å². The van der Waals surface area contributed by atoms with Crippen LogP contribution in [0.5, 0.6) is 17.2 Å². The Hall–Kier alpha value is -3.80. The Morgan fingerprint density at radius 1 is 0.974 bits per heavy atom. The average molecular weight is 545 g/mol. The fourth-order valence-corrected chi connectivity index (χ4v) is 4.50. The molecule has 2 atom stereocenters. The van der Waals surface area contributed by atoms with Gasteiger partial charge in [-0.05, 0) is 53.8 Å². The summed E-state index contributed by atoms with van der Waals surface area (Å²) in [6, 6.07) is 19.3. The lowest BCUT2D eigenvalue weighted by Gasteiger charge is -2.23. The van der Waals surface area contributed by atoms with E-state index < -0.39 is 28.7 Å². The molecule has 3 rings (SSSR count). The second-order valence-electron chi connectivity index (χ2n) is 8.83.